The summed E-state index contributed by atoms with van der Waals surface area (Å²) in [7, 11) is 0. The average Bonchev–Trinajstić information content (AvgIpc) is 2.19. The van der Waals surface area contributed by atoms with Gasteiger partial charge in [0.05, 0.1) is 13.2 Å². The summed E-state index contributed by atoms with van der Waals surface area (Å²) in [5.41, 5.74) is 0.780. The molecule has 4 nitrogen and oxygen atoms in total. The highest BCUT2D eigenvalue weighted by molar-refractivity contribution is 5.85. The molecule has 4 N–H and O–H groups in total. The maximum atomic E-state index is 8.42. The molecule has 0 bridgehead atoms. The van der Waals surface area contributed by atoms with Crippen molar-refractivity contribution in [2.45, 2.75) is 0 Å². The third kappa shape index (κ3) is 10.7. The first-order valence-electron chi connectivity index (χ1n) is 4.07. The van der Waals surface area contributed by atoms with Crippen molar-refractivity contribution in [3.63, 3.8) is 0 Å². The van der Waals surface area contributed by atoms with Crippen LogP contribution in [-0.4, -0.2) is 33.6 Å². The van der Waals surface area contributed by atoms with Gasteiger partial charge >= 0.3 is 0 Å². The monoisotopic (exact) mass is 234 g/mol. The van der Waals surface area contributed by atoms with Crippen LogP contribution in [0.1, 0.15) is 5.56 Å². The van der Waals surface area contributed by atoms with E-state index >= 15 is 0 Å². The Morgan fingerprint density at radius 1 is 1.00 bits per heavy atom. The van der Waals surface area contributed by atoms with Gasteiger partial charge < -0.3 is 20.4 Å². The lowest BCUT2D eigenvalue weighted by Gasteiger charge is -1.89. The first kappa shape index (κ1) is 16.2. The second-order valence-electron chi connectivity index (χ2n) is 2.36. The van der Waals surface area contributed by atoms with E-state index in [1.165, 1.54) is 6.08 Å². The Bertz CT molecular complexity index is 255. The molecule has 0 heterocycles. The number of aliphatic hydroxyl groups is 4. The zero-order valence-electron chi connectivity index (χ0n) is 8.08. The molecule has 0 amide bonds. The minimum atomic E-state index is -0.661. The van der Waals surface area contributed by atoms with E-state index in [1.807, 2.05) is 18.2 Å². The van der Waals surface area contributed by atoms with Crippen molar-refractivity contribution >= 4 is 18.5 Å². The molecule has 5 heteroatoms. The Labute approximate surface area is 94.5 Å². The van der Waals surface area contributed by atoms with Crippen LogP contribution in [0.25, 0.3) is 6.08 Å². The predicted octanol–water partition coefficient (Wildman–Crippen LogP) is 1.49. The highest BCUT2D eigenvalue weighted by Crippen LogP contribution is 2.01. The maximum Gasteiger partial charge on any atom is 0.274 e. The van der Waals surface area contributed by atoms with E-state index in [-0.39, 0.29) is 25.6 Å². The summed E-state index contributed by atoms with van der Waals surface area (Å²) < 4.78 is 0. The van der Waals surface area contributed by atoms with Gasteiger partial charge in [0.2, 0.25) is 0 Å². The SMILES string of the molecule is Cl.OC(O)=Cc1ccccc1.OCCO. The van der Waals surface area contributed by atoms with Crippen molar-refractivity contribution in [3.05, 3.63) is 41.8 Å². The Balaban J connectivity index is 0. The fraction of sp³-hybridized carbons (Fsp3) is 0.200. The zero-order valence-corrected chi connectivity index (χ0v) is 8.89. The summed E-state index contributed by atoms with van der Waals surface area (Å²) in [6.07, 6.45) is 1.28. The van der Waals surface area contributed by atoms with Crippen LogP contribution in [-0.2, 0) is 0 Å². The second kappa shape index (κ2) is 10.8. The number of benzene rings is 1. The standard InChI is InChI=1S/C8H8O2.C2H6O2.ClH/c9-8(10)6-7-4-2-1-3-5-7;3-1-2-4;/h1-6,9-10H;3-4H,1-2H2;1H. The van der Waals surface area contributed by atoms with E-state index in [0.717, 1.165) is 5.56 Å². The van der Waals surface area contributed by atoms with Crippen LogP contribution < -0.4 is 0 Å². The van der Waals surface area contributed by atoms with Crippen molar-refractivity contribution in [2.75, 3.05) is 13.2 Å². The molecular formula is C10H15ClO4. The van der Waals surface area contributed by atoms with Crippen LogP contribution in [0.15, 0.2) is 36.3 Å². The van der Waals surface area contributed by atoms with E-state index in [1.54, 1.807) is 12.1 Å². The first-order chi connectivity index (χ1) is 6.70. The van der Waals surface area contributed by atoms with Crippen LogP contribution in [0, 0.1) is 0 Å². The third-order valence-corrected chi connectivity index (χ3v) is 1.20. The number of hydrogen-bond donors (Lipinski definition) is 4. The molecule has 15 heavy (non-hydrogen) atoms. The third-order valence-electron chi connectivity index (χ3n) is 1.20. The van der Waals surface area contributed by atoms with E-state index in [9.17, 15) is 0 Å². The minimum Gasteiger partial charge on any atom is -0.481 e. The number of aliphatic hydroxyl groups excluding tert-OH is 3. The molecule has 0 aliphatic rings. The molecule has 1 aromatic carbocycles. The predicted molar refractivity (Wildman–Crippen MR) is 61.1 cm³/mol. The van der Waals surface area contributed by atoms with Crippen molar-refractivity contribution in [3.8, 4) is 0 Å². The molecule has 0 aliphatic carbocycles. The van der Waals surface area contributed by atoms with Gasteiger partial charge in [-0.3, -0.25) is 0 Å². The lowest BCUT2D eigenvalue weighted by molar-refractivity contribution is 0.186. The summed E-state index contributed by atoms with van der Waals surface area (Å²) in [5, 5.41) is 32.1. The molecule has 0 fully saturated rings. The van der Waals surface area contributed by atoms with E-state index in [2.05, 4.69) is 0 Å². The smallest absolute Gasteiger partial charge is 0.274 e. The summed E-state index contributed by atoms with van der Waals surface area (Å²) >= 11 is 0. The van der Waals surface area contributed by atoms with Crippen molar-refractivity contribution in [1.82, 2.24) is 0 Å². The lowest BCUT2D eigenvalue weighted by atomic mass is 10.2. The second-order valence-corrected chi connectivity index (χ2v) is 2.36. The maximum absolute atomic E-state index is 8.42. The summed E-state index contributed by atoms with van der Waals surface area (Å²) in [5.74, 6) is -0.661. The highest BCUT2D eigenvalue weighted by Gasteiger charge is 1.86. The van der Waals surface area contributed by atoms with Crippen LogP contribution in [0.2, 0.25) is 0 Å². The van der Waals surface area contributed by atoms with Gasteiger partial charge in [-0.1, -0.05) is 30.3 Å². The van der Waals surface area contributed by atoms with Crippen LogP contribution in [0.4, 0.5) is 0 Å². The minimum absolute atomic E-state index is 0. The van der Waals surface area contributed by atoms with E-state index in [0.29, 0.717) is 0 Å². The fourth-order valence-corrected chi connectivity index (χ4v) is 0.698. The molecular weight excluding hydrogens is 220 g/mol. The molecule has 0 aliphatic heterocycles. The van der Waals surface area contributed by atoms with Crippen LogP contribution in [0.3, 0.4) is 0 Å². The highest BCUT2D eigenvalue weighted by atomic mass is 35.5. The van der Waals surface area contributed by atoms with Crippen LogP contribution >= 0.6 is 12.4 Å². The van der Waals surface area contributed by atoms with Gasteiger partial charge in [-0.05, 0) is 5.56 Å². The van der Waals surface area contributed by atoms with Gasteiger partial charge in [0.25, 0.3) is 5.95 Å². The summed E-state index contributed by atoms with van der Waals surface area (Å²) in [4.78, 5) is 0. The molecule has 86 valence electrons. The van der Waals surface area contributed by atoms with Gasteiger partial charge in [0, 0.05) is 6.08 Å². The Kier molecular flexibility index (Phi) is 11.7. The molecule has 0 unspecified atom stereocenters. The normalized spacial score (nSPS) is 7.87. The Morgan fingerprint density at radius 3 is 1.80 bits per heavy atom. The summed E-state index contributed by atoms with van der Waals surface area (Å²) in [6, 6.07) is 9.09. The molecule has 0 spiro atoms. The molecule has 1 aromatic rings. The van der Waals surface area contributed by atoms with Gasteiger partial charge in [0.15, 0.2) is 0 Å². The van der Waals surface area contributed by atoms with Crippen molar-refractivity contribution in [1.29, 1.82) is 0 Å². The molecule has 0 atom stereocenters. The Hall–Kier alpha value is -1.23. The molecule has 0 saturated carbocycles. The summed E-state index contributed by atoms with van der Waals surface area (Å²) in [6.45, 7) is -0.250. The molecule has 0 saturated heterocycles. The molecule has 1 rings (SSSR count). The zero-order chi connectivity index (χ0) is 10.8. The fourth-order valence-electron chi connectivity index (χ4n) is 0.698. The first-order valence-corrected chi connectivity index (χ1v) is 4.07. The largest absolute Gasteiger partial charge is 0.481 e. The van der Waals surface area contributed by atoms with Gasteiger partial charge in [-0.2, -0.15) is 0 Å². The lowest BCUT2D eigenvalue weighted by Crippen LogP contribution is -1.85. The number of rotatable bonds is 2. The van der Waals surface area contributed by atoms with Crippen LogP contribution in [0.5, 0.6) is 0 Å². The van der Waals surface area contributed by atoms with Crippen molar-refractivity contribution in [2.24, 2.45) is 0 Å². The van der Waals surface area contributed by atoms with Gasteiger partial charge in [0.1, 0.15) is 0 Å². The number of hydrogen-bond acceptors (Lipinski definition) is 4. The van der Waals surface area contributed by atoms with Gasteiger partial charge in [-0.25, -0.2) is 0 Å². The molecule has 0 aromatic heterocycles. The Morgan fingerprint density at radius 2 is 1.47 bits per heavy atom. The van der Waals surface area contributed by atoms with E-state index in [4.69, 9.17) is 20.4 Å². The molecule has 0 radical (unpaired) electrons. The van der Waals surface area contributed by atoms with E-state index < -0.39 is 5.95 Å². The van der Waals surface area contributed by atoms with Gasteiger partial charge in [-0.15, -0.1) is 12.4 Å². The topological polar surface area (TPSA) is 80.9 Å². The quantitative estimate of drug-likeness (QED) is 0.585. The van der Waals surface area contributed by atoms with Crippen molar-refractivity contribution < 1.29 is 20.4 Å². The average molecular weight is 235 g/mol. The number of halogens is 1.